The van der Waals surface area contributed by atoms with Gasteiger partial charge in [0.05, 0.1) is 11.5 Å². The van der Waals surface area contributed by atoms with Crippen LogP contribution in [0, 0.1) is 11.2 Å². The van der Waals surface area contributed by atoms with Gasteiger partial charge in [0.15, 0.2) is 0 Å². The Kier molecular flexibility index (Phi) is 5.36. The number of carbonyl (C=O) groups excluding carboxylic acids is 1. The van der Waals surface area contributed by atoms with E-state index in [1.54, 1.807) is 32.9 Å². The number of fused-ring (bicyclic) bond motifs is 1. The number of anilines is 1. The third kappa shape index (κ3) is 4.38. The number of primary amides is 1. The first-order valence-electron chi connectivity index (χ1n) is 9.40. The molecule has 1 heterocycles. The molecule has 2 aromatic carbocycles. The molecule has 0 fully saturated rings. The molecule has 156 valence electrons. The fourth-order valence-electron chi connectivity index (χ4n) is 4.03. The summed E-state index contributed by atoms with van der Waals surface area (Å²) in [7, 11) is 0. The highest BCUT2D eigenvalue weighted by molar-refractivity contribution is 5.83. The fourth-order valence-corrected chi connectivity index (χ4v) is 4.03. The Morgan fingerprint density at radius 3 is 2.34 bits per heavy atom. The maximum Gasteiger partial charge on any atom is 0.416 e. The summed E-state index contributed by atoms with van der Waals surface area (Å²) in [5.74, 6) is -2.18. The van der Waals surface area contributed by atoms with E-state index in [-0.39, 0.29) is 11.4 Å². The molecule has 1 aliphatic heterocycles. The minimum Gasteiger partial charge on any atom is -0.369 e. The smallest absolute Gasteiger partial charge is 0.369 e. The summed E-state index contributed by atoms with van der Waals surface area (Å²) in [5, 5.41) is 0. The summed E-state index contributed by atoms with van der Waals surface area (Å²) in [6.07, 6.45) is -4.08. The van der Waals surface area contributed by atoms with Gasteiger partial charge < -0.3 is 10.6 Å². The van der Waals surface area contributed by atoms with E-state index in [4.69, 9.17) is 5.73 Å². The Hall–Kier alpha value is -2.57. The van der Waals surface area contributed by atoms with E-state index >= 15 is 0 Å². The Balaban J connectivity index is 2.03. The van der Waals surface area contributed by atoms with Gasteiger partial charge in [-0.15, -0.1) is 0 Å². The first-order chi connectivity index (χ1) is 13.4. The van der Waals surface area contributed by atoms with Crippen molar-refractivity contribution in [3.63, 3.8) is 0 Å². The van der Waals surface area contributed by atoms with Crippen LogP contribution in [0.4, 0.5) is 23.2 Å². The van der Waals surface area contributed by atoms with E-state index in [9.17, 15) is 22.4 Å². The number of amides is 1. The van der Waals surface area contributed by atoms with Crippen molar-refractivity contribution in [3.05, 3.63) is 64.5 Å². The molecule has 1 unspecified atom stereocenters. The molecule has 1 atom stereocenters. The third-order valence-electron chi connectivity index (χ3n) is 5.35. The van der Waals surface area contributed by atoms with Crippen LogP contribution in [-0.4, -0.2) is 12.5 Å². The maximum absolute atomic E-state index is 13.9. The SMILES string of the molecule is CC(C)(C)C(C(N)=O)c1ccc(N2CCc3cc(F)ccc3C2)cc1C(F)(F)F. The molecule has 1 aliphatic rings. The lowest BCUT2D eigenvalue weighted by atomic mass is 9.74. The number of benzene rings is 2. The lowest BCUT2D eigenvalue weighted by molar-refractivity contribution is -0.139. The molecule has 0 saturated heterocycles. The monoisotopic (exact) mass is 408 g/mol. The summed E-state index contributed by atoms with van der Waals surface area (Å²) in [6.45, 7) is 5.95. The molecular weight excluding hydrogens is 384 g/mol. The molecule has 0 aromatic heterocycles. The Morgan fingerprint density at radius 1 is 1.07 bits per heavy atom. The Bertz CT molecular complexity index is 931. The van der Waals surface area contributed by atoms with Gasteiger partial charge in [-0.2, -0.15) is 13.2 Å². The minimum absolute atomic E-state index is 0.110. The predicted octanol–water partition coefficient (Wildman–Crippen LogP) is 5.02. The largest absolute Gasteiger partial charge is 0.416 e. The lowest BCUT2D eigenvalue weighted by Crippen LogP contribution is -2.34. The molecule has 2 aromatic rings. The zero-order valence-electron chi connectivity index (χ0n) is 16.6. The average Bonchev–Trinajstić information content (AvgIpc) is 2.59. The van der Waals surface area contributed by atoms with Crippen molar-refractivity contribution in [2.75, 3.05) is 11.4 Å². The van der Waals surface area contributed by atoms with E-state index in [1.807, 2.05) is 4.90 Å². The molecular formula is C22H24F4N2O. The third-order valence-corrected chi connectivity index (χ3v) is 5.35. The van der Waals surface area contributed by atoms with Crippen LogP contribution in [-0.2, 0) is 23.9 Å². The summed E-state index contributed by atoms with van der Waals surface area (Å²) < 4.78 is 55.0. The number of nitrogens with zero attached hydrogens (tertiary/aromatic N) is 1. The van der Waals surface area contributed by atoms with E-state index < -0.39 is 29.0 Å². The maximum atomic E-state index is 13.9. The molecule has 0 saturated carbocycles. The molecule has 0 radical (unpaired) electrons. The van der Waals surface area contributed by atoms with Gasteiger partial charge in [-0.25, -0.2) is 4.39 Å². The fraction of sp³-hybridized carbons (Fsp3) is 0.409. The highest BCUT2D eigenvalue weighted by Gasteiger charge is 2.41. The zero-order chi connectivity index (χ0) is 21.6. The summed E-state index contributed by atoms with van der Waals surface area (Å²) in [5.41, 5.74) is 5.91. The van der Waals surface area contributed by atoms with Crippen LogP contribution in [0.25, 0.3) is 0 Å². The van der Waals surface area contributed by atoms with Crippen molar-refractivity contribution in [1.29, 1.82) is 0 Å². The van der Waals surface area contributed by atoms with E-state index in [2.05, 4.69) is 0 Å². The van der Waals surface area contributed by atoms with Gasteiger partial charge in [-0.3, -0.25) is 4.79 Å². The highest BCUT2D eigenvalue weighted by Crippen LogP contribution is 2.43. The van der Waals surface area contributed by atoms with Crippen LogP contribution in [0.1, 0.15) is 48.9 Å². The van der Waals surface area contributed by atoms with Crippen LogP contribution < -0.4 is 10.6 Å². The van der Waals surface area contributed by atoms with Gasteiger partial charge in [0.2, 0.25) is 5.91 Å². The second-order valence-electron chi connectivity index (χ2n) is 8.56. The normalized spacial score (nSPS) is 15.8. The van der Waals surface area contributed by atoms with E-state index in [1.165, 1.54) is 18.2 Å². The van der Waals surface area contributed by atoms with Crippen LogP contribution in [0.3, 0.4) is 0 Å². The van der Waals surface area contributed by atoms with Crippen LogP contribution in [0.15, 0.2) is 36.4 Å². The van der Waals surface area contributed by atoms with Gasteiger partial charge in [0.1, 0.15) is 5.82 Å². The van der Waals surface area contributed by atoms with Gasteiger partial charge in [-0.1, -0.05) is 32.9 Å². The number of hydrogen-bond donors (Lipinski definition) is 1. The van der Waals surface area contributed by atoms with Crippen molar-refractivity contribution in [2.45, 2.75) is 45.8 Å². The number of carbonyl (C=O) groups is 1. The van der Waals surface area contributed by atoms with Crippen LogP contribution in [0.5, 0.6) is 0 Å². The number of nitrogens with two attached hydrogens (primary N) is 1. The number of hydrogen-bond acceptors (Lipinski definition) is 2. The standard InChI is InChI=1S/C22H24F4N2O/c1-21(2,3)19(20(27)29)17-7-6-16(11-18(17)22(24,25)26)28-9-8-13-10-15(23)5-4-14(13)12-28/h4-7,10-11,19H,8-9,12H2,1-3H3,(H2,27,29). The molecule has 0 spiro atoms. The Labute approximate surface area is 167 Å². The minimum atomic E-state index is -4.62. The second-order valence-corrected chi connectivity index (χ2v) is 8.56. The quantitative estimate of drug-likeness (QED) is 0.725. The van der Waals surface area contributed by atoms with Crippen LogP contribution >= 0.6 is 0 Å². The second kappa shape index (κ2) is 7.35. The van der Waals surface area contributed by atoms with Crippen molar-refractivity contribution in [3.8, 4) is 0 Å². The molecule has 3 rings (SSSR count). The number of alkyl halides is 3. The number of halogens is 4. The Morgan fingerprint density at radius 2 is 1.76 bits per heavy atom. The lowest BCUT2D eigenvalue weighted by Gasteiger charge is -2.33. The molecule has 7 heteroatoms. The van der Waals surface area contributed by atoms with Gasteiger partial charge in [-0.05, 0) is 52.8 Å². The topological polar surface area (TPSA) is 46.3 Å². The molecule has 1 amide bonds. The zero-order valence-corrected chi connectivity index (χ0v) is 16.6. The van der Waals surface area contributed by atoms with Crippen molar-refractivity contribution in [1.82, 2.24) is 0 Å². The van der Waals surface area contributed by atoms with Crippen LogP contribution in [0.2, 0.25) is 0 Å². The molecule has 29 heavy (non-hydrogen) atoms. The van der Waals surface area contributed by atoms with E-state index in [0.717, 1.165) is 17.2 Å². The van der Waals surface area contributed by atoms with Crippen molar-refractivity contribution >= 4 is 11.6 Å². The van der Waals surface area contributed by atoms with Gasteiger partial charge in [0.25, 0.3) is 0 Å². The summed E-state index contributed by atoms with van der Waals surface area (Å²) >= 11 is 0. The average molecular weight is 408 g/mol. The van der Waals surface area contributed by atoms with Crippen molar-refractivity contribution < 1.29 is 22.4 Å². The molecule has 3 nitrogen and oxygen atoms in total. The van der Waals surface area contributed by atoms with Gasteiger partial charge in [0, 0.05) is 18.8 Å². The first-order valence-corrected chi connectivity index (χ1v) is 9.40. The highest BCUT2D eigenvalue weighted by atomic mass is 19.4. The van der Waals surface area contributed by atoms with Gasteiger partial charge >= 0.3 is 6.18 Å². The first kappa shape index (κ1) is 21.1. The predicted molar refractivity (Wildman–Crippen MR) is 104 cm³/mol. The molecule has 2 N–H and O–H groups in total. The molecule has 0 aliphatic carbocycles. The summed E-state index contributed by atoms with van der Waals surface area (Å²) in [6, 6.07) is 8.54. The summed E-state index contributed by atoms with van der Waals surface area (Å²) in [4.78, 5) is 13.8. The van der Waals surface area contributed by atoms with Crippen molar-refractivity contribution in [2.24, 2.45) is 11.1 Å². The molecule has 0 bridgehead atoms. The number of rotatable bonds is 3. The van der Waals surface area contributed by atoms with E-state index in [0.29, 0.717) is 25.2 Å².